The zero-order valence-electron chi connectivity index (χ0n) is 19.7. The van der Waals surface area contributed by atoms with Crippen LogP contribution < -0.4 is 4.90 Å². The lowest BCUT2D eigenvalue weighted by Gasteiger charge is -2.60. The fourth-order valence-electron chi connectivity index (χ4n) is 9.69. The highest BCUT2D eigenvalue weighted by Crippen LogP contribution is 2.66. The van der Waals surface area contributed by atoms with Gasteiger partial charge in [0.1, 0.15) is 11.8 Å². The van der Waals surface area contributed by atoms with Crippen molar-refractivity contribution in [2.24, 2.45) is 33.7 Å². The van der Waals surface area contributed by atoms with Gasteiger partial charge in [0.2, 0.25) is 0 Å². The van der Waals surface area contributed by atoms with Gasteiger partial charge in [-0.05, 0) is 94.3 Å². The lowest BCUT2D eigenvalue weighted by Crippen LogP contribution is -3.25. The second kappa shape index (κ2) is 7.56. The Kier molecular flexibility index (Phi) is 5.35. The molecular formula is C26H43N2O3+. The minimum Gasteiger partial charge on any atom is -0.411 e. The van der Waals surface area contributed by atoms with E-state index >= 15 is 0 Å². The smallest absolute Gasteiger partial charge is 0.171 e. The van der Waals surface area contributed by atoms with Crippen molar-refractivity contribution in [2.45, 2.75) is 103 Å². The molecule has 1 aliphatic heterocycles. The summed E-state index contributed by atoms with van der Waals surface area (Å²) in [6.07, 6.45) is 12.5. The Balaban J connectivity index is 1.55. The van der Waals surface area contributed by atoms with Gasteiger partial charge in [-0.15, -0.1) is 0 Å². The third-order valence-electron chi connectivity index (χ3n) is 11.1. The standard InChI is InChI=1S/C26H42N2O3/c1-17(27-31)26(28-13-5-4-6-14-28)23(30)16-22-20-8-7-18-15-19(29)9-11-24(18,2)21(20)10-12-25(22,26)3/h7,19-23,29-31H,4-6,8-16H2,1-3H3/p+1/t19-,20-,21+,22-,23+,24-,25-,26-/m0/s1. The number of rotatable bonds is 2. The maximum Gasteiger partial charge on any atom is 0.171 e. The first kappa shape index (κ1) is 21.9. The molecule has 5 heteroatoms. The first-order valence-corrected chi connectivity index (χ1v) is 12.9. The number of nitrogens with one attached hydrogen (secondary N) is 1. The Bertz CT molecular complexity index is 775. The largest absolute Gasteiger partial charge is 0.411 e. The van der Waals surface area contributed by atoms with E-state index in [-0.39, 0.29) is 16.9 Å². The third kappa shape index (κ3) is 2.81. The molecular weight excluding hydrogens is 388 g/mol. The summed E-state index contributed by atoms with van der Waals surface area (Å²) in [6, 6.07) is 0. The SMILES string of the molecule is CC(=NO)[C@]1([NH+]2CCCCC2)[C@H](O)C[C@H]2[C@H]3CC=C4C[C@@H](O)CC[C@]4(C)[C@@H]3CC[C@@]21C. The van der Waals surface area contributed by atoms with E-state index < -0.39 is 11.6 Å². The van der Waals surface area contributed by atoms with Crippen molar-refractivity contribution in [1.29, 1.82) is 0 Å². The monoisotopic (exact) mass is 431 g/mol. The predicted molar refractivity (Wildman–Crippen MR) is 121 cm³/mol. The van der Waals surface area contributed by atoms with E-state index in [9.17, 15) is 15.4 Å². The van der Waals surface area contributed by atoms with Crippen molar-refractivity contribution >= 4 is 5.71 Å². The molecule has 1 heterocycles. The van der Waals surface area contributed by atoms with Crippen LogP contribution in [-0.2, 0) is 0 Å². The highest BCUT2D eigenvalue weighted by molar-refractivity contribution is 5.92. The molecule has 4 aliphatic carbocycles. The summed E-state index contributed by atoms with van der Waals surface area (Å²) in [4.78, 5) is 1.46. The molecule has 0 unspecified atom stereocenters. The van der Waals surface area contributed by atoms with Gasteiger partial charge in [0, 0.05) is 5.41 Å². The number of fused-ring (bicyclic) bond motifs is 5. The Morgan fingerprint density at radius 3 is 2.52 bits per heavy atom. The molecule has 0 aromatic heterocycles. The molecule has 0 spiro atoms. The summed E-state index contributed by atoms with van der Waals surface area (Å²) in [7, 11) is 0. The van der Waals surface area contributed by atoms with Gasteiger partial charge in [0.15, 0.2) is 5.54 Å². The number of aliphatic hydroxyl groups excluding tert-OH is 2. The molecule has 4 fully saturated rings. The molecule has 174 valence electrons. The van der Waals surface area contributed by atoms with Crippen LogP contribution in [0.25, 0.3) is 0 Å². The lowest BCUT2D eigenvalue weighted by molar-refractivity contribution is -0.956. The van der Waals surface area contributed by atoms with Crippen LogP contribution >= 0.6 is 0 Å². The van der Waals surface area contributed by atoms with E-state index in [1.807, 2.05) is 6.92 Å². The molecule has 0 aromatic carbocycles. The van der Waals surface area contributed by atoms with Crippen molar-refractivity contribution in [3.63, 3.8) is 0 Å². The molecule has 0 aromatic rings. The average Bonchev–Trinajstić information content (AvgIpc) is 3.01. The first-order chi connectivity index (χ1) is 14.8. The van der Waals surface area contributed by atoms with Gasteiger partial charge in [-0.1, -0.05) is 30.7 Å². The van der Waals surface area contributed by atoms with Crippen LogP contribution in [0.4, 0.5) is 0 Å². The van der Waals surface area contributed by atoms with Crippen LogP contribution in [-0.4, -0.2) is 52.0 Å². The lowest BCUT2D eigenvalue weighted by atomic mass is 9.46. The molecule has 0 radical (unpaired) electrons. The Morgan fingerprint density at radius 1 is 1.06 bits per heavy atom. The Morgan fingerprint density at radius 2 is 1.81 bits per heavy atom. The van der Waals surface area contributed by atoms with Gasteiger partial charge in [0.25, 0.3) is 0 Å². The topological polar surface area (TPSA) is 77.5 Å². The molecule has 5 nitrogen and oxygen atoms in total. The van der Waals surface area contributed by atoms with E-state index in [0.717, 1.165) is 57.3 Å². The van der Waals surface area contributed by atoms with Crippen LogP contribution in [0.5, 0.6) is 0 Å². The van der Waals surface area contributed by atoms with E-state index in [1.54, 1.807) is 0 Å². The summed E-state index contributed by atoms with van der Waals surface area (Å²) in [5.41, 5.74) is 1.94. The molecule has 4 N–H and O–H groups in total. The molecule has 1 saturated heterocycles. The highest BCUT2D eigenvalue weighted by atomic mass is 16.4. The zero-order valence-corrected chi connectivity index (χ0v) is 19.7. The summed E-state index contributed by atoms with van der Waals surface area (Å²) < 4.78 is 0. The Labute approximate surface area is 187 Å². The number of allylic oxidation sites excluding steroid dienone is 1. The van der Waals surface area contributed by atoms with Gasteiger partial charge in [0.05, 0.1) is 19.2 Å². The molecule has 0 bridgehead atoms. The summed E-state index contributed by atoms with van der Waals surface area (Å²) >= 11 is 0. The number of hydrogen-bond donors (Lipinski definition) is 4. The van der Waals surface area contributed by atoms with E-state index in [1.165, 1.54) is 36.2 Å². The van der Waals surface area contributed by atoms with Crippen LogP contribution in [0.3, 0.4) is 0 Å². The second-order valence-corrected chi connectivity index (χ2v) is 12.0. The number of aliphatic hydroxyl groups is 2. The first-order valence-electron chi connectivity index (χ1n) is 12.9. The Hall–Kier alpha value is -0.910. The molecule has 0 amide bonds. The van der Waals surface area contributed by atoms with Crippen molar-refractivity contribution < 1.29 is 20.3 Å². The van der Waals surface area contributed by atoms with Crippen LogP contribution in [0.1, 0.15) is 85.0 Å². The molecule has 31 heavy (non-hydrogen) atoms. The summed E-state index contributed by atoms with van der Waals surface area (Å²) in [5.74, 6) is 1.67. The molecule has 5 aliphatic rings. The van der Waals surface area contributed by atoms with Gasteiger partial charge < -0.3 is 20.3 Å². The maximum absolute atomic E-state index is 11.7. The normalized spacial score (nSPS) is 50.9. The summed E-state index contributed by atoms with van der Waals surface area (Å²) in [6.45, 7) is 8.99. The van der Waals surface area contributed by atoms with E-state index in [4.69, 9.17) is 0 Å². The van der Waals surface area contributed by atoms with Gasteiger partial charge >= 0.3 is 0 Å². The van der Waals surface area contributed by atoms with Crippen LogP contribution in [0.15, 0.2) is 16.8 Å². The maximum atomic E-state index is 11.7. The van der Waals surface area contributed by atoms with Crippen LogP contribution in [0, 0.1) is 28.6 Å². The molecule has 5 rings (SSSR count). The number of piperidine rings is 1. The fourth-order valence-corrected chi connectivity index (χ4v) is 9.69. The highest BCUT2D eigenvalue weighted by Gasteiger charge is 2.73. The minimum atomic E-state index is -0.467. The van der Waals surface area contributed by atoms with Crippen LogP contribution in [0.2, 0.25) is 0 Å². The van der Waals surface area contributed by atoms with Gasteiger partial charge in [-0.3, -0.25) is 0 Å². The molecule has 3 saturated carbocycles. The van der Waals surface area contributed by atoms with Gasteiger partial charge in [-0.2, -0.15) is 0 Å². The second-order valence-electron chi connectivity index (χ2n) is 12.0. The van der Waals surface area contributed by atoms with Crippen molar-refractivity contribution in [3.05, 3.63) is 11.6 Å². The minimum absolute atomic E-state index is 0.0492. The fraction of sp³-hybridized carbons (Fsp3) is 0.885. The summed E-state index contributed by atoms with van der Waals surface area (Å²) in [5, 5.41) is 35.8. The quantitative estimate of drug-likeness (QED) is 0.235. The predicted octanol–water partition coefficient (Wildman–Crippen LogP) is 2.94. The number of nitrogens with zero attached hydrogens (tertiary/aromatic N) is 1. The molecule has 8 atom stereocenters. The van der Waals surface area contributed by atoms with Crippen molar-refractivity contribution in [1.82, 2.24) is 0 Å². The van der Waals surface area contributed by atoms with E-state index in [2.05, 4.69) is 25.1 Å². The van der Waals surface area contributed by atoms with Gasteiger partial charge in [-0.25, -0.2) is 0 Å². The number of hydrogen-bond acceptors (Lipinski definition) is 4. The van der Waals surface area contributed by atoms with E-state index in [0.29, 0.717) is 17.8 Å². The number of oxime groups is 1. The third-order valence-corrected chi connectivity index (χ3v) is 11.1. The number of quaternary nitrogens is 1. The van der Waals surface area contributed by atoms with Crippen molar-refractivity contribution in [3.8, 4) is 0 Å². The van der Waals surface area contributed by atoms with Crippen molar-refractivity contribution in [2.75, 3.05) is 13.1 Å². The average molecular weight is 432 g/mol. The number of likely N-dealkylation sites (tertiary alicyclic amines) is 1. The zero-order chi connectivity index (χ0) is 22.0.